The molecule has 2 atom stereocenters. The number of benzene rings is 1. The van der Waals surface area contributed by atoms with Crippen LogP contribution in [0.3, 0.4) is 0 Å². The number of pyridine rings is 2. The summed E-state index contributed by atoms with van der Waals surface area (Å²) in [5.74, 6) is 0.660. The number of rotatable bonds is 9. The molecular formula is C34H42N6O3. The summed E-state index contributed by atoms with van der Waals surface area (Å²) < 4.78 is 6.11. The van der Waals surface area contributed by atoms with Gasteiger partial charge in [-0.1, -0.05) is 43.7 Å². The van der Waals surface area contributed by atoms with Crippen molar-refractivity contribution in [2.45, 2.75) is 63.5 Å². The first-order valence-electron chi connectivity index (χ1n) is 15.8. The van der Waals surface area contributed by atoms with Crippen LogP contribution in [0.15, 0.2) is 60.9 Å². The number of ether oxygens (including phenoxy) is 1. The van der Waals surface area contributed by atoms with Crippen LogP contribution in [0.5, 0.6) is 5.75 Å². The van der Waals surface area contributed by atoms with Gasteiger partial charge in [0, 0.05) is 62.3 Å². The second kappa shape index (κ2) is 12.7. The topological polar surface area (TPSA) is 99.7 Å². The Morgan fingerprint density at radius 3 is 2.60 bits per heavy atom. The molecule has 4 heterocycles. The van der Waals surface area contributed by atoms with Crippen LogP contribution < -0.4 is 20.3 Å². The molecule has 3 aromatic rings. The van der Waals surface area contributed by atoms with Crippen LogP contribution in [0.25, 0.3) is 11.3 Å². The molecule has 2 aromatic heterocycles. The summed E-state index contributed by atoms with van der Waals surface area (Å²) in [7, 11) is 0. The Labute approximate surface area is 254 Å². The van der Waals surface area contributed by atoms with Crippen molar-refractivity contribution < 1.29 is 14.3 Å². The molecule has 9 nitrogen and oxygen atoms in total. The molecular weight excluding hydrogens is 540 g/mol. The van der Waals surface area contributed by atoms with Crippen molar-refractivity contribution in [2.24, 2.45) is 0 Å². The lowest BCUT2D eigenvalue weighted by atomic mass is 9.63. The number of piperazine rings is 1. The highest BCUT2D eigenvalue weighted by Gasteiger charge is 2.48. The number of aromatic nitrogens is 2. The molecule has 2 saturated heterocycles. The van der Waals surface area contributed by atoms with E-state index in [1.54, 1.807) is 12.4 Å². The van der Waals surface area contributed by atoms with Gasteiger partial charge in [-0.25, -0.2) is 4.98 Å². The maximum Gasteiger partial charge on any atom is 0.272 e. The van der Waals surface area contributed by atoms with Crippen LogP contribution in [-0.4, -0.2) is 78.1 Å². The summed E-state index contributed by atoms with van der Waals surface area (Å²) in [5, 5.41) is 6.53. The van der Waals surface area contributed by atoms with Gasteiger partial charge in [0.2, 0.25) is 5.91 Å². The third kappa shape index (κ3) is 5.70. The van der Waals surface area contributed by atoms with Crippen molar-refractivity contribution in [3.63, 3.8) is 0 Å². The average Bonchev–Trinajstić information content (AvgIpc) is 3.54. The summed E-state index contributed by atoms with van der Waals surface area (Å²) in [6, 6.07) is 16.1. The molecule has 226 valence electrons. The Hall–Kier alpha value is -3.98. The molecule has 3 aliphatic rings. The maximum atomic E-state index is 14.1. The van der Waals surface area contributed by atoms with E-state index in [1.165, 1.54) is 0 Å². The van der Waals surface area contributed by atoms with Gasteiger partial charge in [-0.05, 0) is 56.8 Å². The number of hydrogen-bond donors (Lipinski definition) is 2. The summed E-state index contributed by atoms with van der Waals surface area (Å²) in [6.45, 7) is 7.99. The monoisotopic (exact) mass is 582 g/mol. The summed E-state index contributed by atoms with van der Waals surface area (Å²) in [5.41, 5.74) is 3.23. The summed E-state index contributed by atoms with van der Waals surface area (Å²) in [4.78, 5) is 41.6. The second-order valence-corrected chi connectivity index (χ2v) is 11.8. The smallest absolute Gasteiger partial charge is 0.272 e. The van der Waals surface area contributed by atoms with Crippen LogP contribution in [-0.2, 0) is 10.2 Å². The first kappa shape index (κ1) is 29.1. The van der Waals surface area contributed by atoms with Gasteiger partial charge < -0.3 is 25.2 Å². The van der Waals surface area contributed by atoms with Gasteiger partial charge in [-0.15, -0.1) is 0 Å². The standard InChI is InChI=1S/C34H42N6O3/c1-3-27-23-39(33(42)34(14-9-15-34)25-11-6-5-7-12-25)18-19-40(27)28-20-29(43-4-2)30(24-10-8-16-35-21-24)38-31(28)32(41)37-26-13-17-36-22-26/h5-8,10-12,16,20-21,26-27,36H,3-4,9,13-15,17-19,22-23H2,1-2H3,(H,37,41)/t26-,27-/m1/s1. The summed E-state index contributed by atoms with van der Waals surface area (Å²) >= 11 is 0. The highest BCUT2D eigenvalue weighted by molar-refractivity contribution is 5.99. The zero-order valence-electron chi connectivity index (χ0n) is 25.2. The van der Waals surface area contributed by atoms with Crippen molar-refractivity contribution in [3.8, 4) is 17.0 Å². The highest BCUT2D eigenvalue weighted by Crippen LogP contribution is 2.46. The molecule has 6 rings (SSSR count). The van der Waals surface area contributed by atoms with Gasteiger partial charge in [-0.3, -0.25) is 14.6 Å². The Kier molecular flexibility index (Phi) is 8.61. The number of nitrogens with one attached hydrogen (secondary N) is 2. The highest BCUT2D eigenvalue weighted by atomic mass is 16.5. The zero-order chi connectivity index (χ0) is 29.8. The fraction of sp³-hybridized carbons (Fsp3) is 0.471. The maximum absolute atomic E-state index is 14.1. The largest absolute Gasteiger partial charge is 0.492 e. The Bertz CT molecular complexity index is 1420. The third-order valence-electron chi connectivity index (χ3n) is 9.31. The van der Waals surface area contributed by atoms with E-state index in [1.807, 2.05) is 43.3 Å². The molecule has 2 aliphatic heterocycles. The lowest BCUT2D eigenvalue weighted by Crippen LogP contribution is -2.60. The van der Waals surface area contributed by atoms with Gasteiger partial charge in [0.05, 0.1) is 17.7 Å². The first-order chi connectivity index (χ1) is 21.0. The van der Waals surface area contributed by atoms with Gasteiger partial charge in [0.1, 0.15) is 11.4 Å². The van der Waals surface area contributed by atoms with Crippen molar-refractivity contribution in [1.29, 1.82) is 0 Å². The minimum Gasteiger partial charge on any atom is -0.492 e. The number of hydrogen-bond acceptors (Lipinski definition) is 7. The number of anilines is 1. The van der Waals surface area contributed by atoms with Crippen LogP contribution in [0.4, 0.5) is 5.69 Å². The number of carbonyl (C=O) groups excluding carboxylic acids is 2. The third-order valence-corrected chi connectivity index (χ3v) is 9.31. The van der Waals surface area contributed by atoms with Crippen molar-refractivity contribution in [3.05, 3.63) is 72.2 Å². The molecule has 1 aliphatic carbocycles. The van der Waals surface area contributed by atoms with Gasteiger partial charge in [0.15, 0.2) is 5.69 Å². The molecule has 9 heteroatoms. The quantitative estimate of drug-likeness (QED) is 0.391. The molecule has 0 unspecified atom stereocenters. The predicted octanol–water partition coefficient (Wildman–Crippen LogP) is 4.18. The van der Waals surface area contributed by atoms with Crippen LogP contribution in [0.2, 0.25) is 0 Å². The van der Waals surface area contributed by atoms with E-state index in [2.05, 4.69) is 44.5 Å². The van der Waals surface area contributed by atoms with Gasteiger partial charge in [-0.2, -0.15) is 0 Å². The fourth-order valence-corrected chi connectivity index (χ4v) is 6.80. The molecule has 2 N–H and O–H groups in total. The van der Waals surface area contributed by atoms with Crippen molar-refractivity contribution in [1.82, 2.24) is 25.5 Å². The fourth-order valence-electron chi connectivity index (χ4n) is 6.80. The number of carbonyl (C=O) groups is 2. The Morgan fingerprint density at radius 1 is 1.12 bits per heavy atom. The zero-order valence-corrected chi connectivity index (χ0v) is 25.2. The van der Waals surface area contributed by atoms with Crippen LogP contribution in [0, 0.1) is 0 Å². The molecule has 2 amide bonds. The predicted molar refractivity (Wildman–Crippen MR) is 167 cm³/mol. The Balaban J connectivity index is 1.33. The van der Waals surface area contributed by atoms with Crippen LogP contribution in [0.1, 0.15) is 62.0 Å². The van der Waals surface area contributed by atoms with Crippen molar-refractivity contribution in [2.75, 3.05) is 44.2 Å². The van der Waals surface area contributed by atoms with E-state index in [9.17, 15) is 9.59 Å². The normalized spacial score (nSPS) is 21.3. The van der Waals surface area contributed by atoms with Crippen LogP contribution >= 0.6 is 0 Å². The first-order valence-corrected chi connectivity index (χ1v) is 15.8. The molecule has 1 saturated carbocycles. The average molecular weight is 583 g/mol. The lowest BCUT2D eigenvalue weighted by molar-refractivity contribution is -0.141. The Morgan fingerprint density at radius 2 is 1.95 bits per heavy atom. The lowest BCUT2D eigenvalue weighted by Gasteiger charge is -2.48. The minimum absolute atomic E-state index is 0.0332. The molecule has 1 aromatic carbocycles. The van der Waals surface area contributed by atoms with Crippen molar-refractivity contribution >= 4 is 17.5 Å². The van der Waals surface area contributed by atoms with Gasteiger partial charge >= 0.3 is 0 Å². The van der Waals surface area contributed by atoms with Gasteiger partial charge in [0.25, 0.3) is 5.91 Å². The van der Waals surface area contributed by atoms with E-state index in [0.29, 0.717) is 43.4 Å². The summed E-state index contributed by atoms with van der Waals surface area (Å²) in [6.07, 6.45) is 8.03. The molecule has 0 radical (unpaired) electrons. The minimum atomic E-state index is -0.420. The molecule has 0 spiro atoms. The second-order valence-electron chi connectivity index (χ2n) is 11.8. The number of nitrogens with zero attached hydrogens (tertiary/aromatic N) is 4. The van der Waals surface area contributed by atoms with E-state index in [0.717, 1.165) is 62.0 Å². The molecule has 43 heavy (non-hydrogen) atoms. The van der Waals surface area contributed by atoms with E-state index >= 15 is 0 Å². The van der Waals surface area contributed by atoms with E-state index in [4.69, 9.17) is 9.72 Å². The van der Waals surface area contributed by atoms with E-state index in [-0.39, 0.29) is 23.9 Å². The molecule has 3 fully saturated rings. The number of amides is 2. The van der Waals surface area contributed by atoms with E-state index < -0.39 is 5.41 Å². The SMILES string of the molecule is CCOc1cc(N2CCN(C(=O)C3(c4ccccc4)CCC3)C[C@H]2CC)c(C(=O)N[C@@H]2CCNC2)nc1-c1cccnc1. The molecule has 0 bridgehead atoms.